The summed E-state index contributed by atoms with van der Waals surface area (Å²) in [6.45, 7) is 5.10. The highest BCUT2D eigenvalue weighted by molar-refractivity contribution is 9.09. The van der Waals surface area contributed by atoms with Crippen molar-refractivity contribution in [3.8, 4) is 0 Å². The number of nitrogens with zero attached hydrogens (tertiary/aromatic N) is 1. The molecule has 0 amide bonds. The number of piperidine rings is 1. The van der Waals surface area contributed by atoms with Crippen molar-refractivity contribution in [3.05, 3.63) is 29.3 Å². The molecule has 1 saturated heterocycles. The first-order valence-electron chi connectivity index (χ1n) is 7.08. The normalized spacial score (nSPS) is 21.1. The third kappa shape index (κ3) is 3.43. The summed E-state index contributed by atoms with van der Waals surface area (Å²) in [6, 6.07) is 5.64. The second-order valence-corrected chi connectivity index (χ2v) is 8.32. The van der Waals surface area contributed by atoms with Gasteiger partial charge in [0.1, 0.15) is 0 Å². The summed E-state index contributed by atoms with van der Waals surface area (Å²) in [5.74, 6) is 0.475. The lowest BCUT2D eigenvalue weighted by molar-refractivity contribution is 0.263. The van der Waals surface area contributed by atoms with Crippen molar-refractivity contribution in [2.24, 2.45) is 5.92 Å². The van der Waals surface area contributed by atoms with Crippen LogP contribution < -0.4 is 0 Å². The number of rotatable bonds is 4. The van der Waals surface area contributed by atoms with Crippen molar-refractivity contribution in [1.82, 2.24) is 4.31 Å². The molecule has 1 aromatic rings. The van der Waals surface area contributed by atoms with Gasteiger partial charge in [0.25, 0.3) is 0 Å². The Balaban J connectivity index is 2.27. The summed E-state index contributed by atoms with van der Waals surface area (Å²) in [7, 11) is -3.35. The van der Waals surface area contributed by atoms with Crippen LogP contribution in [0.15, 0.2) is 23.1 Å². The van der Waals surface area contributed by atoms with Crippen LogP contribution in [0.2, 0.25) is 0 Å². The maximum Gasteiger partial charge on any atom is 0.243 e. The maximum atomic E-state index is 12.8. The minimum Gasteiger partial charge on any atom is -0.207 e. The van der Waals surface area contributed by atoms with E-state index in [1.165, 1.54) is 0 Å². The van der Waals surface area contributed by atoms with Gasteiger partial charge in [-0.2, -0.15) is 4.31 Å². The van der Waals surface area contributed by atoms with Gasteiger partial charge >= 0.3 is 0 Å². The lowest BCUT2D eigenvalue weighted by Gasteiger charge is -2.32. The van der Waals surface area contributed by atoms with Crippen LogP contribution in [0.3, 0.4) is 0 Å². The molecule has 1 aliphatic rings. The van der Waals surface area contributed by atoms with Crippen LogP contribution in [0.4, 0.5) is 0 Å². The van der Waals surface area contributed by atoms with E-state index < -0.39 is 10.0 Å². The Hall–Kier alpha value is -0.390. The third-order valence-electron chi connectivity index (χ3n) is 3.96. The Labute approximate surface area is 130 Å². The van der Waals surface area contributed by atoms with E-state index in [0.29, 0.717) is 23.9 Å². The van der Waals surface area contributed by atoms with Gasteiger partial charge < -0.3 is 0 Å². The van der Waals surface area contributed by atoms with Crippen molar-refractivity contribution < 1.29 is 8.42 Å². The highest BCUT2D eigenvalue weighted by atomic mass is 79.9. The summed E-state index contributed by atoms with van der Waals surface area (Å²) in [5.41, 5.74) is 1.82. The average molecular weight is 360 g/mol. The van der Waals surface area contributed by atoms with Crippen molar-refractivity contribution >= 4 is 26.0 Å². The van der Waals surface area contributed by atoms with Crippen molar-refractivity contribution in [1.29, 1.82) is 0 Å². The fourth-order valence-electron chi connectivity index (χ4n) is 2.76. The predicted molar refractivity (Wildman–Crippen MR) is 85.8 cm³/mol. The van der Waals surface area contributed by atoms with Crippen LogP contribution in [0.1, 0.15) is 30.4 Å². The highest BCUT2D eigenvalue weighted by Crippen LogP contribution is 2.27. The van der Waals surface area contributed by atoms with E-state index in [0.717, 1.165) is 35.7 Å². The molecule has 0 aliphatic carbocycles. The van der Waals surface area contributed by atoms with Gasteiger partial charge in [0, 0.05) is 18.4 Å². The van der Waals surface area contributed by atoms with E-state index in [-0.39, 0.29) is 0 Å². The third-order valence-corrected chi connectivity index (χ3v) is 6.43. The molecule has 0 bridgehead atoms. The fourth-order valence-corrected chi connectivity index (χ4v) is 5.27. The molecule has 112 valence electrons. The monoisotopic (exact) mass is 359 g/mol. The smallest absolute Gasteiger partial charge is 0.207 e. The lowest BCUT2D eigenvalue weighted by atomic mass is 9.97. The molecule has 2 rings (SSSR count). The molecular weight excluding hydrogens is 338 g/mol. The summed E-state index contributed by atoms with van der Waals surface area (Å²) in [6.07, 6.45) is 3.13. The first kappa shape index (κ1) is 16.0. The molecule has 3 nitrogen and oxygen atoms in total. The van der Waals surface area contributed by atoms with E-state index in [1.807, 2.05) is 26.0 Å². The zero-order valence-corrected chi connectivity index (χ0v) is 14.5. The number of halogens is 1. The first-order chi connectivity index (χ1) is 9.45. The molecule has 1 heterocycles. The van der Waals surface area contributed by atoms with Gasteiger partial charge in [-0.05, 0) is 56.2 Å². The van der Waals surface area contributed by atoms with Crippen LogP contribution in [0, 0.1) is 19.8 Å². The minimum absolute atomic E-state index is 0.469. The minimum atomic E-state index is -3.35. The second-order valence-electron chi connectivity index (χ2n) is 5.62. The zero-order chi connectivity index (χ0) is 14.8. The molecule has 0 radical (unpaired) electrons. The summed E-state index contributed by atoms with van der Waals surface area (Å²) in [4.78, 5) is 0.469. The Morgan fingerprint density at radius 2 is 2.10 bits per heavy atom. The van der Waals surface area contributed by atoms with Crippen molar-refractivity contribution in [2.45, 2.75) is 38.0 Å². The number of alkyl halides is 1. The number of hydrogen-bond donors (Lipinski definition) is 0. The molecular formula is C15H22BrNO2S. The maximum absolute atomic E-state index is 12.8. The molecule has 20 heavy (non-hydrogen) atoms. The quantitative estimate of drug-likeness (QED) is 0.771. The Kier molecular flexibility index (Phi) is 5.26. The van der Waals surface area contributed by atoms with Crippen LogP contribution in [-0.4, -0.2) is 31.1 Å². The molecule has 5 heteroatoms. The molecule has 1 atom stereocenters. The van der Waals surface area contributed by atoms with Gasteiger partial charge in [0.05, 0.1) is 4.90 Å². The van der Waals surface area contributed by atoms with Crippen LogP contribution in [0.5, 0.6) is 0 Å². The molecule has 1 fully saturated rings. The molecule has 0 aromatic heterocycles. The molecule has 0 saturated carbocycles. The Bertz CT molecular complexity index is 569. The number of sulfonamides is 1. The molecule has 1 unspecified atom stereocenters. The van der Waals surface area contributed by atoms with Crippen molar-refractivity contribution in [2.75, 3.05) is 18.4 Å². The SMILES string of the molecule is Cc1ccc(C)c(S(=O)(=O)N2CCCC(CCBr)C2)c1. The largest absolute Gasteiger partial charge is 0.243 e. The average Bonchev–Trinajstić information content (AvgIpc) is 2.42. The molecule has 0 spiro atoms. The Morgan fingerprint density at radius 1 is 1.35 bits per heavy atom. The molecule has 1 aromatic carbocycles. The predicted octanol–water partition coefficient (Wildman–Crippen LogP) is 3.49. The van der Waals surface area contributed by atoms with E-state index in [4.69, 9.17) is 0 Å². The van der Waals surface area contributed by atoms with Crippen LogP contribution in [-0.2, 0) is 10.0 Å². The van der Waals surface area contributed by atoms with E-state index in [2.05, 4.69) is 15.9 Å². The summed E-state index contributed by atoms with van der Waals surface area (Å²) < 4.78 is 27.3. The number of aryl methyl sites for hydroxylation is 2. The van der Waals surface area contributed by atoms with Gasteiger partial charge in [0.2, 0.25) is 10.0 Å². The van der Waals surface area contributed by atoms with Crippen LogP contribution >= 0.6 is 15.9 Å². The molecule has 0 N–H and O–H groups in total. The Morgan fingerprint density at radius 3 is 2.80 bits per heavy atom. The van der Waals surface area contributed by atoms with Gasteiger partial charge in [-0.15, -0.1) is 0 Å². The van der Waals surface area contributed by atoms with Gasteiger partial charge in [0.15, 0.2) is 0 Å². The summed E-state index contributed by atoms with van der Waals surface area (Å²) in [5, 5.41) is 0.940. The number of benzene rings is 1. The van der Waals surface area contributed by atoms with E-state index >= 15 is 0 Å². The van der Waals surface area contributed by atoms with Gasteiger partial charge in [-0.1, -0.05) is 28.1 Å². The standard InChI is InChI=1S/C15H22BrNO2S/c1-12-5-6-13(2)15(10-12)20(18,19)17-9-3-4-14(11-17)7-8-16/h5-6,10,14H,3-4,7-9,11H2,1-2H3. The highest BCUT2D eigenvalue weighted by Gasteiger charge is 2.30. The van der Waals surface area contributed by atoms with Gasteiger partial charge in [-0.25, -0.2) is 8.42 Å². The zero-order valence-electron chi connectivity index (χ0n) is 12.1. The van der Waals surface area contributed by atoms with E-state index in [9.17, 15) is 8.42 Å². The topological polar surface area (TPSA) is 37.4 Å². The molecule has 1 aliphatic heterocycles. The number of hydrogen-bond acceptors (Lipinski definition) is 2. The van der Waals surface area contributed by atoms with Crippen molar-refractivity contribution in [3.63, 3.8) is 0 Å². The summed E-state index contributed by atoms with van der Waals surface area (Å²) >= 11 is 3.45. The second kappa shape index (κ2) is 6.58. The van der Waals surface area contributed by atoms with Gasteiger partial charge in [-0.3, -0.25) is 0 Å². The van der Waals surface area contributed by atoms with E-state index in [1.54, 1.807) is 10.4 Å². The lowest BCUT2D eigenvalue weighted by Crippen LogP contribution is -2.40. The first-order valence-corrected chi connectivity index (χ1v) is 9.64. The fraction of sp³-hybridized carbons (Fsp3) is 0.600. The van der Waals surface area contributed by atoms with Crippen LogP contribution in [0.25, 0.3) is 0 Å².